The Balaban J connectivity index is 2.02. The van der Waals surface area contributed by atoms with Gasteiger partial charge in [0.05, 0.1) is 6.42 Å². The molecule has 0 fully saturated rings. The lowest BCUT2D eigenvalue weighted by atomic mass is 9.83. The normalized spacial score (nSPS) is 11.6. The minimum atomic E-state index is 0.544. The largest absolute Gasteiger partial charge is 0.303 e. The van der Waals surface area contributed by atoms with Crippen molar-refractivity contribution in [2.75, 3.05) is 0 Å². The first-order valence-corrected chi connectivity index (χ1v) is 13.4. The van der Waals surface area contributed by atoms with Crippen LogP contribution >= 0.6 is 0 Å². The summed E-state index contributed by atoms with van der Waals surface area (Å²) in [4.78, 5) is 10.7. The molecule has 0 aliphatic rings. The summed E-state index contributed by atoms with van der Waals surface area (Å²) in [7, 11) is 0. The number of hydrogen-bond acceptors (Lipinski definition) is 1. The lowest BCUT2D eigenvalue weighted by molar-refractivity contribution is -0.695. The van der Waals surface area contributed by atoms with Crippen LogP contribution in [0.2, 0.25) is 0 Å². The molecule has 0 amide bonds. The molecule has 0 atom stereocenters. The lowest BCUT2D eigenvalue weighted by Gasteiger charge is -2.21. The SMILES string of the molecule is CCCc1c(C)c(/C=C/c2cc[n+](CCC=O)cc2)c(CCC)c(C)c1/C=C/c1cc[n+](CC)cc1. The molecular formula is C33H42N2O+2. The number of carbonyl (C=O) groups excluding carboxylic acids is 1. The number of hydrogen-bond donors (Lipinski definition) is 0. The zero-order chi connectivity index (χ0) is 25.9. The fourth-order valence-corrected chi connectivity index (χ4v) is 4.86. The van der Waals surface area contributed by atoms with E-state index in [1.807, 2.05) is 0 Å². The van der Waals surface area contributed by atoms with Gasteiger partial charge < -0.3 is 4.79 Å². The molecule has 0 saturated carbocycles. The van der Waals surface area contributed by atoms with Crippen molar-refractivity contribution in [1.82, 2.24) is 0 Å². The van der Waals surface area contributed by atoms with E-state index in [2.05, 4.69) is 117 Å². The number of carbonyl (C=O) groups is 1. The molecule has 3 nitrogen and oxygen atoms in total. The molecule has 0 radical (unpaired) electrons. The van der Waals surface area contributed by atoms with E-state index in [-0.39, 0.29) is 0 Å². The van der Waals surface area contributed by atoms with Gasteiger partial charge in [0.2, 0.25) is 0 Å². The second-order valence-electron chi connectivity index (χ2n) is 9.49. The molecule has 2 aromatic heterocycles. The van der Waals surface area contributed by atoms with Crippen LogP contribution < -0.4 is 9.13 Å². The van der Waals surface area contributed by atoms with Crippen LogP contribution in [0.3, 0.4) is 0 Å². The van der Waals surface area contributed by atoms with Crippen LogP contribution in [0.15, 0.2) is 49.1 Å². The highest BCUT2D eigenvalue weighted by atomic mass is 16.1. The number of nitrogens with zero attached hydrogens (tertiary/aromatic N) is 2. The third kappa shape index (κ3) is 6.87. The highest BCUT2D eigenvalue weighted by Crippen LogP contribution is 2.32. The van der Waals surface area contributed by atoms with Crippen LogP contribution in [-0.4, -0.2) is 6.29 Å². The summed E-state index contributed by atoms with van der Waals surface area (Å²) < 4.78 is 4.24. The van der Waals surface area contributed by atoms with Gasteiger partial charge in [-0.3, -0.25) is 0 Å². The molecule has 0 saturated heterocycles. The monoisotopic (exact) mass is 482 g/mol. The Morgan fingerprint density at radius 1 is 0.667 bits per heavy atom. The van der Waals surface area contributed by atoms with E-state index in [9.17, 15) is 4.79 Å². The van der Waals surface area contributed by atoms with Gasteiger partial charge in [-0.05, 0) is 78.1 Å². The second kappa shape index (κ2) is 13.7. The van der Waals surface area contributed by atoms with Crippen molar-refractivity contribution in [2.45, 2.75) is 79.8 Å². The molecule has 3 heteroatoms. The minimum absolute atomic E-state index is 0.544. The Morgan fingerprint density at radius 2 is 1.11 bits per heavy atom. The molecule has 3 aromatic rings. The number of pyridine rings is 2. The molecule has 36 heavy (non-hydrogen) atoms. The van der Waals surface area contributed by atoms with Crippen LogP contribution in [0.4, 0.5) is 0 Å². The van der Waals surface area contributed by atoms with E-state index < -0.39 is 0 Å². The molecule has 2 heterocycles. The average molecular weight is 483 g/mol. The van der Waals surface area contributed by atoms with E-state index in [4.69, 9.17) is 0 Å². The molecule has 0 aliphatic heterocycles. The molecule has 0 aliphatic carbocycles. The van der Waals surface area contributed by atoms with Gasteiger partial charge in [-0.25, -0.2) is 9.13 Å². The zero-order valence-corrected chi connectivity index (χ0v) is 22.8. The van der Waals surface area contributed by atoms with Crippen LogP contribution in [0, 0.1) is 13.8 Å². The Morgan fingerprint density at radius 3 is 1.50 bits per heavy atom. The number of aldehydes is 1. The third-order valence-corrected chi connectivity index (χ3v) is 6.95. The lowest BCUT2D eigenvalue weighted by Crippen LogP contribution is -2.32. The summed E-state index contributed by atoms with van der Waals surface area (Å²) in [6.07, 6.45) is 23.4. The highest BCUT2D eigenvalue weighted by Gasteiger charge is 2.16. The van der Waals surface area contributed by atoms with Gasteiger partial charge >= 0.3 is 0 Å². The number of rotatable bonds is 12. The van der Waals surface area contributed by atoms with Gasteiger partial charge in [-0.15, -0.1) is 0 Å². The van der Waals surface area contributed by atoms with Crippen molar-refractivity contribution in [2.24, 2.45) is 0 Å². The quantitative estimate of drug-likeness (QED) is 0.207. The van der Waals surface area contributed by atoms with Gasteiger partial charge in [0.15, 0.2) is 31.3 Å². The Hall–Kier alpha value is -3.33. The molecule has 0 bridgehead atoms. The van der Waals surface area contributed by atoms with Gasteiger partial charge in [0.1, 0.15) is 12.8 Å². The smallest absolute Gasteiger partial charge is 0.169 e. The van der Waals surface area contributed by atoms with E-state index in [1.165, 1.54) is 44.5 Å². The van der Waals surface area contributed by atoms with E-state index in [1.54, 1.807) is 0 Å². The maximum atomic E-state index is 10.7. The van der Waals surface area contributed by atoms with Crippen LogP contribution in [0.5, 0.6) is 0 Å². The standard InChI is InChI=1S/C33H42N2O/c1-6-10-30-27(5)33(15-13-29-18-23-35(24-19-29)20-9-25-36)31(11-7-2)26(4)32(30)14-12-28-16-21-34(8-3)22-17-28/h12-19,21-25H,6-11,20H2,1-5H3/q+2/b14-12+,15-13+. The highest BCUT2D eigenvalue weighted by molar-refractivity contribution is 5.80. The molecule has 188 valence electrons. The van der Waals surface area contributed by atoms with Crippen LogP contribution in [0.1, 0.15) is 84.5 Å². The summed E-state index contributed by atoms with van der Waals surface area (Å²) in [5.41, 5.74) is 10.9. The fourth-order valence-electron chi connectivity index (χ4n) is 4.86. The Bertz CT molecular complexity index is 1200. The van der Waals surface area contributed by atoms with E-state index in [0.717, 1.165) is 45.1 Å². The van der Waals surface area contributed by atoms with Crippen molar-refractivity contribution in [3.63, 3.8) is 0 Å². The zero-order valence-electron chi connectivity index (χ0n) is 22.8. The first-order chi connectivity index (χ1) is 17.5. The van der Waals surface area contributed by atoms with Crippen LogP contribution in [-0.2, 0) is 30.7 Å². The molecule has 0 unspecified atom stereocenters. The summed E-state index contributed by atoms with van der Waals surface area (Å²) in [6, 6.07) is 8.62. The molecular weight excluding hydrogens is 440 g/mol. The maximum Gasteiger partial charge on any atom is 0.169 e. The third-order valence-electron chi connectivity index (χ3n) is 6.95. The Kier molecular flexibility index (Phi) is 10.4. The molecule has 1 aromatic carbocycles. The fraction of sp³-hybridized carbons (Fsp3) is 0.364. The maximum absolute atomic E-state index is 10.7. The van der Waals surface area contributed by atoms with E-state index >= 15 is 0 Å². The van der Waals surface area contributed by atoms with Crippen molar-refractivity contribution in [3.05, 3.63) is 93.6 Å². The van der Waals surface area contributed by atoms with Gasteiger partial charge in [0.25, 0.3) is 0 Å². The Labute approximate surface area is 217 Å². The second-order valence-corrected chi connectivity index (χ2v) is 9.49. The topological polar surface area (TPSA) is 24.8 Å². The summed E-state index contributed by atoms with van der Waals surface area (Å²) >= 11 is 0. The van der Waals surface area contributed by atoms with Crippen molar-refractivity contribution in [1.29, 1.82) is 0 Å². The number of benzene rings is 1. The average Bonchev–Trinajstić information content (AvgIpc) is 2.90. The first-order valence-electron chi connectivity index (χ1n) is 13.4. The molecule has 0 N–H and O–H groups in total. The number of aromatic nitrogens is 2. The summed E-state index contributed by atoms with van der Waals surface area (Å²) in [6.45, 7) is 13.0. The van der Waals surface area contributed by atoms with Crippen molar-refractivity contribution >= 4 is 30.6 Å². The first kappa shape index (κ1) is 27.3. The molecule has 0 spiro atoms. The van der Waals surface area contributed by atoms with Gasteiger partial charge in [-0.1, -0.05) is 51.0 Å². The predicted molar refractivity (Wildman–Crippen MR) is 151 cm³/mol. The summed E-state index contributed by atoms with van der Waals surface area (Å²) in [5, 5.41) is 0. The van der Waals surface area contributed by atoms with E-state index in [0.29, 0.717) is 6.42 Å². The minimum Gasteiger partial charge on any atom is -0.303 e. The molecule has 3 rings (SSSR count). The van der Waals surface area contributed by atoms with Crippen LogP contribution in [0.25, 0.3) is 24.3 Å². The van der Waals surface area contributed by atoms with Crippen molar-refractivity contribution < 1.29 is 13.9 Å². The number of aryl methyl sites for hydroxylation is 2. The van der Waals surface area contributed by atoms with Gasteiger partial charge in [0, 0.05) is 24.3 Å². The van der Waals surface area contributed by atoms with Gasteiger partial charge in [-0.2, -0.15) is 0 Å². The predicted octanol–water partition coefficient (Wildman–Crippen LogP) is 6.73. The van der Waals surface area contributed by atoms with Crippen molar-refractivity contribution in [3.8, 4) is 0 Å². The summed E-state index contributed by atoms with van der Waals surface area (Å²) in [5.74, 6) is 0.